The second-order valence-electron chi connectivity index (χ2n) is 4.55. The van der Waals surface area contributed by atoms with Crippen molar-refractivity contribution in [3.05, 3.63) is 71.8 Å². The van der Waals surface area contributed by atoms with E-state index in [1.165, 1.54) is 0 Å². The van der Waals surface area contributed by atoms with Crippen LogP contribution in [-0.4, -0.2) is 15.8 Å². The van der Waals surface area contributed by atoms with Gasteiger partial charge in [0.25, 0.3) is 5.91 Å². The molecule has 0 saturated heterocycles. The summed E-state index contributed by atoms with van der Waals surface area (Å²) in [5.41, 5.74) is 1.48. The molecule has 110 valence electrons. The maximum atomic E-state index is 11.8. The van der Waals surface area contributed by atoms with Crippen LogP contribution in [0.3, 0.4) is 0 Å². The predicted octanol–water partition coefficient (Wildman–Crippen LogP) is 3.38. The minimum absolute atomic E-state index is 0.540. The number of carbonyl (C=O) groups is 1. The van der Waals surface area contributed by atoms with Gasteiger partial charge < -0.3 is 10.4 Å². The zero-order valence-corrected chi connectivity index (χ0v) is 12.6. The van der Waals surface area contributed by atoms with E-state index >= 15 is 0 Å². The maximum Gasteiger partial charge on any atom is 0.253 e. The highest BCUT2D eigenvalue weighted by atomic mass is 35.5. The van der Waals surface area contributed by atoms with Gasteiger partial charge in [0.2, 0.25) is 0 Å². The van der Waals surface area contributed by atoms with E-state index in [0.717, 1.165) is 5.56 Å². The van der Waals surface area contributed by atoms with E-state index in [9.17, 15) is 9.90 Å². The first-order valence-corrected chi connectivity index (χ1v) is 7.33. The van der Waals surface area contributed by atoms with Gasteiger partial charge in [-0.2, -0.15) is 0 Å². The van der Waals surface area contributed by atoms with E-state index in [1.54, 1.807) is 12.1 Å². The number of carbonyl (C=O) groups excluding carboxylic acids is 1. The lowest BCUT2D eigenvalue weighted by Crippen LogP contribution is -2.35. The number of hydrogen-bond donors (Lipinski definition) is 2. The van der Waals surface area contributed by atoms with Crippen LogP contribution < -0.4 is 5.32 Å². The number of aliphatic hydroxyl groups is 1. The summed E-state index contributed by atoms with van der Waals surface area (Å²) in [6.07, 6.45) is -0.898. The molecule has 0 radical (unpaired) electrons. The summed E-state index contributed by atoms with van der Waals surface area (Å²) in [6.45, 7) is 0. The quantitative estimate of drug-likeness (QED) is 0.829. The molecule has 0 heterocycles. The average Bonchev–Trinajstić information content (AvgIpc) is 2.53. The van der Waals surface area contributed by atoms with Crippen LogP contribution in [0.5, 0.6) is 0 Å². The zero-order chi connectivity index (χ0) is 15.2. The lowest BCUT2D eigenvalue weighted by Gasteiger charge is -2.25. The standard InChI is InChI=1S/C16H15Cl2NO2/c17-15(18)16(21)19-13(11-7-3-1-4-8-11)14(20)12-9-5-2-6-10-12/h1-10,13-15,20H,(H,19,21)/t13-,14-/m1/s1. The Morgan fingerprint density at radius 3 is 1.86 bits per heavy atom. The number of benzene rings is 2. The van der Waals surface area contributed by atoms with Gasteiger partial charge in [-0.25, -0.2) is 0 Å². The van der Waals surface area contributed by atoms with Gasteiger partial charge in [-0.05, 0) is 11.1 Å². The van der Waals surface area contributed by atoms with Crippen molar-refractivity contribution >= 4 is 29.1 Å². The summed E-state index contributed by atoms with van der Waals surface area (Å²) in [5.74, 6) is -0.540. The smallest absolute Gasteiger partial charge is 0.253 e. The third-order valence-electron chi connectivity index (χ3n) is 3.11. The van der Waals surface area contributed by atoms with Gasteiger partial charge in [0.15, 0.2) is 4.84 Å². The van der Waals surface area contributed by atoms with Gasteiger partial charge in [-0.1, -0.05) is 83.9 Å². The molecule has 3 nitrogen and oxygen atoms in total. The molecule has 0 saturated carbocycles. The molecular weight excluding hydrogens is 309 g/mol. The summed E-state index contributed by atoms with van der Waals surface area (Å²) in [7, 11) is 0. The Kier molecular flexibility index (Phi) is 5.62. The Labute approximate surface area is 133 Å². The lowest BCUT2D eigenvalue weighted by atomic mass is 9.96. The van der Waals surface area contributed by atoms with Crippen LogP contribution >= 0.6 is 23.2 Å². The molecule has 0 fully saturated rings. The van der Waals surface area contributed by atoms with Crippen LogP contribution in [0, 0.1) is 0 Å². The van der Waals surface area contributed by atoms with Gasteiger partial charge in [0.1, 0.15) is 6.10 Å². The lowest BCUT2D eigenvalue weighted by molar-refractivity contribution is -0.121. The van der Waals surface area contributed by atoms with Gasteiger partial charge in [-0.3, -0.25) is 4.79 Å². The zero-order valence-electron chi connectivity index (χ0n) is 11.1. The van der Waals surface area contributed by atoms with E-state index in [2.05, 4.69) is 5.32 Å². The second-order valence-corrected chi connectivity index (χ2v) is 5.65. The highest BCUT2D eigenvalue weighted by Crippen LogP contribution is 2.29. The van der Waals surface area contributed by atoms with Crippen molar-refractivity contribution in [3.63, 3.8) is 0 Å². The number of nitrogens with one attached hydrogen (secondary N) is 1. The molecule has 0 aromatic heterocycles. The minimum atomic E-state index is -1.18. The SMILES string of the molecule is O=C(N[C@H](c1ccccc1)[C@H](O)c1ccccc1)C(Cl)Cl. The van der Waals surface area contributed by atoms with E-state index in [0.29, 0.717) is 5.56 Å². The number of halogens is 2. The molecule has 2 atom stereocenters. The monoisotopic (exact) mass is 323 g/mol. The number of alkyl halides is 2. The molecule has 5 heteroatoms. The fourth-order valence-corrected chi connectivity index (χ4v) is 2.19. The third kappa shape index (κ3) is 4.21. The van der Waals surface area contributed by atoms with Crippen LogP contribution in [0.2, 0.25) is 0 Å². The Bertz CT molecular complexity index is 575. The summed E-state index contributed by atoms with van der Waals surface area (Å²) < 4.78 is 0. The summed E-state index contributed by atoms with van der Waals surface area (Å²) >= 11 is 11.2. The van der Waals surface area contributed by atoms with Crippen LogP contribution in [0.4, 0.5) is 0 Å². The molecule has 2 N–H and O–H groups in total. The molecule has 0 unspecified atom stereocenters. The van der Waals surface area contributed by atoms with Crippen molar-refractivity contribution in [1.29, 1.82) is 0 Å². The normalized spacial score (nSPS) is 13.7. The van der Waals surface area contributed by atoms with Crippen molar-refractivity contribution in [2.45, 2.75) is 17.0 Å². The minimum Gasteiger partial charge on any atom is -0.386 e. The Morgan fingerprint density at radius 1 is 0.905 bits per heavy atom. The molecule has 2 aromatic rings. The van der Waals surface area contributed by atoms with Crippen molar-refractivity contribution in [3.8, 4) is 0 Å². The maximum absolute atomic E-state index is 11.8. The number of hydrogen-bond acceptors (Lipinski definition) is 2. The average molecular weight is 324 g/mol. The fourth-order valence-electron chi connectivity index (χ4n) is 2.06. The first kappa shape index (κ1) is 15.8. The van der Waals surface area contributed by atoms with Crippen molar-refractivity contribution < 1.29 is 9.90 Å². The highest BCUT2D eigenvalue weighted by Gasteiger charge is 2.26. The third-order valence-corrected chi connectivity index (χ3v) is 3.51. The number of rotatable bonds is 5. The van der Waals surface area contributed by atoms with Crippen LogP contribution in [0.15, 0.2) is 60.7 Å². The molecule has 21 heavy (non-hydrogen) atoms. The van der Waals surface area contributed by atoms with Gasteiger partial charge in [0.05, 0.1) is 6.04 Å². The van der Waals surface area contributed by atoms with Crippen LogP contribution in [0.25, 0.3) is 0 Å². The Hall–Kier alpha value is -1.55. The van der Waals surface area contributed by atoms with E-state index in [4.69, 9.17) is 23.2 Å². The summed E-state index contributed by atoms with van der Waals surface area (Å²) in [5, 5.41) is 13.2. The van der Waals surface area contributed by atoms with E-state index in [1.807, 2.05) is 48.5 Å². The van der Waals surface area contributed by atoms with E-state index < -0.39 is 22.9 Å². The van der Waals surface area contributed by atoms with Gasteiger partial charge in [0, 0.05) is 0 Å². The number of amides is 1. The topological polar surface area (TPSA) is 49.3 Å². The molecular formula is C16H15Cl2NO2. The first-order valence-electron chi connectivity index (χ1n) is 6.46. The fraction of sp³-hybridized carbons (Fsp3) is 0.188. The van der Waals surface area contributed by atoms with Gasteiger partial charge in [-0.15, -0.1) is 0 Å². The van der Waals surface area contributed by atoms with Crippen molar-refractivity contribution in [1.82, 2.24) is 5.32 Å². The molecule has 0 bridgehead atoms. The molecule has 0 spiro atoms. The summed E-state index contributed by atoms with van der Waals surface area (Å²) in [6, 6.07) is 17.7. The largest absolute Gasteiger partial charge is 0.386 e. The molecule has 0 aliphatic rings. The number of aliphatic hydroxyl groups excluding tert-OH is 1. The van der Waals surface area contributed by atoms with E-state index in [-0.39, 0.29) is 0 Å². The molecule has 0 aliphatic carbocycles. The predicted molar refractivity (Wildman–Crippen MR) is 84.2 cm³/mol. The highest BCUT2D eigenvalue weighted by molar-refractivity contribution is 6.53. The van der Waals surface area contributed by atoms with Gasteiger partial charge >= 0.3 is 0 Å². The Balaban J connectivity index is 2.30. The van der Waals surface area contributed by atoms with Crippen molar-refractivity contribution in [2.75, 3.05) is 0 Å². The molecule has 2 rings (SSSR count). The molecule has 2 aromatic carbocycles. The second kappa shape index (κ2) is 7.46. The first-order chi connectivity index (χ1) is 10.1. The van der Waals surface area contributed by atoms with Crippen LogP contribution in [-0.2, 0) is 4.79 Å². The summed E-state index contributed by atoms with van der Waals surface area (Å²) in [4.78, 5) is 10.6. The molecule has 1 amide bonds. The molecule has 0 aliphatic heterocycles. The Morgan fingerprint density at radius 2 is 1.38 bits per heavy atom. The van der Waals surface area contributed by atoms with Crippen molar-refractivity contribution in [2.24, 2.45) is 0 Å². The van der Waals surface area contributed by atoms with Crippen LogP contribution in [0.1, 0.15) is 23.3 Å².